The van der Waals surface area contributed by atoms with Crippen LogP contribution < -0.4 is 4.74 Å². The van der Waals surface area contributed by atoms with Crippen LogP contribution in [-0.2, 0) is 13.1 Å². The van der Waals surface area contributed by atoms with Crippen molar-refractivity contribution in [2.75, 3.05) is 19.7 Å². The first kappa shape index (κ1) is 17.7. The molecule has 5 nitrogen and oxygen atoms in total. The van der Waals surface area contributed by atoms with E-state index in [-0.39, 0.29) is 0 Å². The molecular weight excluding hydrogens is 336 g/mol. The number of rotatable bonds is 7. The fraction of sp³-hybridized carbons (Fsp3) is 0.364. The molecule has 0 N–H and O–H groups in total. The van der Waals surface area contributed by atoms with Gasteiger partial charge in [-0.2, -0.15) is 0 Å². The van der Waals surface area contributed by atoms with Crippen LogP contribution in [0.1, 0.15) is 18.2 Å². The largest absolute Gasteiger partial charge is 0.494 e. The molecule has 0 unspecified atom stereocenters. The van der Waals surface area contributed by atoms with E-state index in [9.17, 15) is 0 Å². The number of imidazole rings is 1. The lowest BCUT2D eigenvalue weighted by atomic mass is 9.98. The molecule has 2 aromatic heterocycles. The van der Waals surface area contributed by atoms with Crippen molar-refractivity contribution in [3.8, 4) is 17.1 Å². The van der Waals surface area contributed by atoms with Crippen molar-refractivity contribution in [3.05, 3.63) is 66.2 Å². The standard InChI is InChI=1S/C22H26N4O/c1-3-27-21-7-5-4-6-20(21)16-25-13-18(14-25)15-26-17(2)12-24-22(26)19-8-10-23-11-9-19/h4-12,18H,3,13-16H2,1-2H3. The molecule has 0 amide bonds. The van der Waals surface area contributed by atoms with Crippen molar-refractivity contribution < 1.29 is 4.74 Å². The van der Waals surface area contributed by atoms with E-state index in [0.717, 1.165) is 43.3 Å². The smallest absolute Gasteiger partial charge is 0.140 e. The predicted octanol–water partition coefficient (Wildman–Crippen LogP) is 3.78. The Hall–Kier alpha value is -2.66. The number of benzene rings is 1. The Kier molecular flexibility index (Phi) is 5.21. The summed E-state index contributed by atoms with van der Waals surface area (Å²) in [4.78, 5) is 11.2. The predicted molar refractivity (Wildman–Crippen MR) is 107 cm³/mol. The molecule has 4 rings (SSSR count). The molecule has 27 heavy (non-hydrogen) atoms. The van der Waals surface area contributed by atoms with Gasteiger partial charge in [-0.05, 0) is 32.0 Å². The normalized spacial score (nSPS) is 14.9. The van der Waals surface area contributed by atoms with E-state index < -0.39 is 0 Å². The van der Waals surface area contributed by atoms with E-state index in [2.05, 4.69) is 44.6 Å². The molecule has 1 aromatic carbocycles. The number of para-hydroxylation sites is 1. The van der Waals surface area contributed by atoms with Gasteiger partial charge in [-0.15, -0.1) is 0 Å². The number of pyridine rings is 1. The van der Waals surface area contributed by atoms with Gasteiger partial charge in [-0.25, -0.2) is 4.98 Å². The highest BCUT2D eigenvalue weighted by atomic mass is 16.5. The Morgan fingerprint density at radius 3 is 2.67 bits per heavy atom. The third-order valence-corrected chi connectivity index (χ3v) is 5.13. The maximum absolute atomic E-state index is 5.75. The molecule has 0 aliphatic carbocycles. The number of aromatic nitrogens is 3. The Balaban J connectivity index is 1.39. The van der Waals surface area contributed by atoms with Crippen LogP contribution in [0.15, 0.2) is 55.0 Å². The van der Waals surface area contributed by atoms with E-state index in [1.165, 1.54) is 11.3 Å². The first-order chi connectivity index (χ1) is 13.2. The maximum Gasteiger partial charge on any atom is 0.140 e. The zero-order valence-corrected chi connectivity index (χ0v) is 16.0. The average molecular weight is 362 g/mol. The molecule has 140 valence electrons. The van der Waals surface area contributed by atoms with Gasteiger partial charge in [-0.3, -0.25) is 9.88 Å². The highest BCUT2D eigenvalue weighted by Gasteiger charge is 2.28. The highest BCUT2D eigenvalue weighted by molar-refractivity contribution is 5.55. The van der Waals surface area contributed by atoms with Crippen LogP contribution in [0, 0.1) is 12.8 Å². The first-order valence-electron chi connectivity index (χ1n) is 9.60. The fourth-order valence-corrected chi connectivity index (χ4v) is 3.77. The number of ether oxygens (including phenoxy) is 1. The van der Waals surface area contributed by atoms with Gasteiger partial charge in [0.2, 0.25) is 0 Å². The van der Waals surface area contributed by atoms with Gasteiger partial charge in [0.15, 0.2) is 0 Å². The third kappa shape index (κ3) is 3.88. The van der Waals surface area contributed by atoms with E-state index in [1.807, 2.05) is 43.7 Å². The molecular formula is C22H26N4O. The van der Waals surface area contributed by atoms with Gasteiger partial charge < -0.3 is 9.30 Å². The Bertz CT molecular complexity index is 884. The van der Waals surface area contributed by atoms with Crippen molar-refractivity contribution in [3.63, 3.8) is 0 Å². The van der Waals surface area contributed by atoms with Gasteiger partial charge in [0, 0.05) is 67.5 Å². The van der Waals surface area contributed by atoms with Crippen LogP contribution >= 0.6 is 0 Å². The summed E-state index contributed by atoms with van der Waals surface area (Å²) in [7, 11) is 0. The topological polar surface area (TPSA) is 43.2 Å². The summed E-state index contributed by atoms with van der Waals surface area (Å²) in [5.41, 5.74) is 3.61. The van der Waals surface area contributed by atoms with Crippen molar-refractivity contribution in [2.45, 2.75) is 26.9 Å². The Morgan fingerprint density at radius 1 is 1.11 bits per heavy atom. The van der Waals surface area contributed by atoms with Crippen LogP contribution in [-0.4, -0.2) is 39.1 Å². The molecule has 0 radical (unpaired) electrons. The molecule has 0 saturated carbocycles. The molecule has 3 heterocycles. The number of hydrogen-bond acceptors (Lipinski definition) is 4. The second-order valence-corrected chi connectivity index (χ2v) is 7.17. The lowest BCUT2D eigenvalue weighted by molar-refractivity contribution is 0.0792. The van der Waals surface area contributed by atoms with Gasteiger partial charge >= 0.3 is 0 Å². The minimum absolute atomic E-state index is 0.651. The third-order valence-electron chi connectivity index (χ3n) is 5.13. The molecule has 0 spiro atoms. The van der Waals surface area contributed by atoms with Crippen LogP contribution in [0.25, 0.3) is 11.4 Å². The Morgan fingerprint density at radius 2 is 1.89 bits per heavy atom. The lowest BCUT2D eigenvalue weighted by Crippen LogP contribution is -2.47. The number of aryl methyl sites for hydroxylation is 1. The van der Waals surface area contributed by atoms with Crippen LogP contribution in [0.5, 0.6) is 5.75 Å². The van der Waals surface area contributed by atoms with Crippen LogP contribution in [0.3, 0.4) is 0 Å². The molecule has 1 fully saturated rings. The van der Waals surface area contributed by atoms with Gasteiger partial charge in [0.1, 0.15) is 11.6 Å². The summed E-state index contributed by atoms with van der Waals surface area (Å²) in [6.45, 7) is 9.04. The van der Waals surface area contributed by atoms with Crippen LogP contribution in [0.2, 0.25) is 0 Å². The molecule has 0 bridgehead atoms. The maximum atomic E-state index is 5.75. The zero-order chi connectivity index (χ0) is 18.6. The van der Waals surface area contributed by atoms with Gasteiger partial charge in [0.05, 0.1) is 6.61 Å². The minimum atomic E-state index is 0.651. The zero-order valence-electron chi connectivity index (χ0n) is 16.0. The lowest BCUT2D eigenvalue weighted by Gasteiger charge is -2.40. The van der Waals surface area contributed by atoms with Crippen molar-refractivity contribution in [2.24, 2.45) is 5.92 Å². The monoisotopic (exact) mass is 362 g/mol. The Labute approximate surface area is 160 Å². The molecule has 3 aromatic rings. The number of nitrogens with zero attached hydrogens (tertiary/aromatic N) is 4. The molecule has 1 aliphatic heterocycles. The summed E-state index contributed by atoms with van der Waals surface area (Å²) in [6.07, 6.45) is 5.61. The van der Waals surface area contributed by atoms with E-state index in [4.69, 9.17) is 4.74 Å². The van der Waals surface area contributed by atoms with Crippen molar-refractivity contribution >= 4 is 0 Å². The molecule has 0 atom stereocenters. The van der Waals surface area contributed by atoms with Gasteiger partial charge in [0.25, 0.3) is 0 Å². The summed E-state index contributed by atoms with van der Waals surface area (Å²) >= 11 is 0. The minimum Gasteiger partial charge on any atom is -0.494 e. The number of hydrogen-bond donors (Lipinski definition) is 0. The summed E-state index contributed by atoms with van der Waals surface area (Å²) in [5.74, 6) is 2.70. The average Bonchev–Trinajstić information content (AvgIpc) is 3.03. The fourth-order valence-electron chi connectivity index (χ4n) is 3.77. The van der Waals surface area contributed by atoms with Gasteiger partial charge in [-0.1, -0.05) is 18.2 Å². The summed E-state index contributed by atoms with van der Waals surface area (Å²) in [6, 6.07) is 12.4. The van der Waals surface area contributed by atoms with E-state index in [0.29, 0.717) is 12.5 Å². The van der Waals surface area contributed by atoms with Crippen molar-refractivity contribution in [1.82, 2.24) is 19.4 Å². The summed E-state index contributed by atoms with van der Waals surface area (Å²) < 4.78 is 8.09. The molecule has 1 aliphatic rings. The van der Waals surface area contributed by atoms with E-state index >= 15 is 0 Å². The van der Waals surface area contributed by atoms with Crippen molar-refractivity contribution in [1.29, 1.82) is 0 Å². The number of likely N-dealkylation sites (tertiary alicyclic amines) is 1. The summed E-state index contributed by atoms with van der Waals surface area (Å²) in [5, 5.41) is 0. The van der Waals surface area contributed by atoms with Crippen LogP contribution in [0.4, 0.5) is 0 Å². The van der Waals surface area contributed by atoms with E-state index in [1.54, 1.807) is 0 Å². The SMILES string of the molecule is CCOc1ccccc1CN1CC(Cn2c(C)cnc2-c2ccncc2)C1. The molecule has 5 heteroatoms. The second kappa shape index (κ2) is 7.92. The first-order valence-corrected chi connectivity index (χ1v) is 9.60. The quantitative estimate of drug-likeness (QED) is 0.641. The highest BCUT2D eigenvalue weighted by Crippen LogP contribution is 2.27. The second-order valence-electron chi connectivity index (χ2n) is 7.17. The molecule has 1 saturated heterocycles.